The van der Waals surface area contributed by atoms with E-state index in [1.165, 1.54) is 5.56 Å². The summed E-state index contributed by atoms with van der Waals surface area (Å²) in [4.78, 5) is 1.06. The summed E-state index contributed by atoms with van der Waals surface area (Å²) in [6, 6.07) is 20.1. The minimum absolute atomic E-state index is 0.779. The van der Waals surface area contributed by atoms with Crippen LogP contribution in [0.3, 0.4) is 0 Å². The molecule has 4 rings (SSSR count). The second kappa shape index (κ2) is 8.50. The van der Waals surface area contributed by atoms with Crippen LogP contribution in [0.1, 0.15) is 5.56 Å². The monoisotopic (exact) mass is 409 g/mol. The first kappa shape index (κ1) is 18.6. The number of para-hydroxylation sites is 2. The number of thioether (sulfide) groups is 1. The van der Waals surface area contributed by atoms with Crippen molar-refractivity contribution in [3.8, 4) is 27.9 Å². The van der Waals surface area contributed by atoms with Gasteiger partial charge in [0.1, 0.15) is 11.5 Å². The van der Waals surface area contributed by atoms with Crippen molar-refractivity contribution in [3.05, 3.63) is 71.6 Å². The summed E-state index contributed by atoms with van der Waals surface area (Å²) in [7, 11) is 3.35. The Morgan fingerprint density at radius 3 is 2.46 bits per heavy atom. The fourth-order valence-corrected chi connectivity index (χ4v) is 4.43. The zero-order chi connectivity index (χ0) is 19.3. The molecule has 2 aromatic carbocycles. The minimum Gasteiger partial charge on any atom is -0.497 e. The largest absolute Gasteiger partial charge is 0.497 e. The molecule has 0 fully saturated rings. The quantitative estimate of drug-likeness (QED) is 0.387. The molecule has 4 aromatic rings. The lowest BCUT2D eigenvalue weighted by molar-refractivity contribution is 0.412. The maximum absolute atomic E-state index is 5.59. The van der Waals surface area contributed by atoms with Gasteiger partial charge in [0.25, 0.3) is 0 Å². The summed E-state index contributed by atoms with van der Waals surface area (Å²) >= 11 is 3.29. The average molecular weight is 410 g/mol. The van der Waals surface area contributed by atoms with Gasteiger partial charge in [0.05, 0.1) is 24.8 Å². The molecule has 0 aliphatic rings. The Hall–Kier alpha value is -2.77. The van der Waals surface area contributed by atoms with Gasteiger partial charge in [-0.1, -0.05) is 42.1 Å². The number of hydrogen-bond acceptors (Lipinski definition) is 6. The molecule has 0 aliphatic carbocycles. The number of nitrogens with zero attached hydrogens (tertiary/aromatic N) is 3. The molecule has 5 nitrogen and oxygen atoms in total. The molecular weight excluding hydrogens is 390 g/mol. The first-order chi connectivity index (χ1) is 13.8. The van der Waals surface area contributed by atoms with Gasteiger partial charge in [-0.3, -0.25) is 4.57 Å². The van der Waals surface area contributed by atoms with Crippen LogP contribution in [0.5, 0.6) is 11.5 Å². The highest BCUT2D eigenvalue weighted by Crippen LogP contribution is 2.35. The molecule has 0 N–H and O–H groups in total. The van der Waals surface area contributed by atoms with E-state index in [4.69, 9.17) is 9.47 Å². The van der Waals surface area contributed by atoms with Crippen molar-refractivity contribution >= 4 is 23.1 Å². The standard InChI is InChI=1S/C21H19N3O2S2/c1-25-16-11-9-15(10-12-16)14-28-21-23-22-20(19-8-5-13-27-19)24(21)17-6-3-4-7-18(17)26-2/h3-13H,14H2,1-2H3. The second-order valence-electron chi connectivity index (χ2n) is 5.93. The summed E-state index contributed by atoms with van der Waals surface area (Å²) in [6.45, 7) is 0. The number of benzene rings is 2. The topological polar surface area (TPSA) is 49.2 Å². The zero-order valence-electron chi connectivity index (χ0n) is 15.5. The SMILES string of the molecule is COc1ccc(CSc2nnc(-c3cccs3)n2-c2ccccc2OC)cc1. The van der Waals surface area contributed by atoms with E-state index in [1.54, 1.807) is 37.3 Å². The highest BCUT2D eigenvalue weighted by Gasteiger charge is 2.19. The minimum atomic E-state index is 0.779. The molecule has 142 valence electrons. The molecule has 0 spiro atoms. The predicted molar refractivity (Wildman–Crippen MR) is 114 cm³/mol. The van der Waals surface area contributed by atoms with Gasteiger partial charge in [-0.15, -0.1) is 21.5 Å². The van der Waals surface area contributed by atoms with Crippen molar-refractivity contribution in [3.63, 3.8) is 0 Å². The van der Waals surface area contributed by atoms with E-state index < -0.39 is 0 Å². The van der Waals surface area contributed by atoms with E-state index >= 15 is 0 Å². The molecule has 0 unspecified atom stereocenters. The van der Waals surface area contributed by atoms with Crippen molar-refractivity contribution in [1.82, 2.24) is 14.8 Å². The fourth-order valence-electron chi connectivity index (χ4n) is 2.83. The lowest BCUT2D eigenvalue weighted by Gasteiger charge is -2.13. The Labute approximate surface area is 172 Å². The van der Waals surface area contributed by atoms with Gasteiger partial charge in [-0.25, -0.2) is 0 Å². The lowest BCUT2D eigenvalue weighted by Crippen LogP contribution is -2.01. The van der Waals surface area contributed by atoms with Crippen LogP contribution in [0.25, 0.3) is 16.4 Å². The summed E-state index contributed by atoms with van der Waals surface area (Å²) < 4.78 is 12.9. The summed E-state index contributed by atoms with van der Waals surface area (Å²) in [5, 5.41) is 11.8. The zero-order valence-corrected chi connectivity index (χ0v) is 17.2. The Bertz CT molecular complexity index is 1040. The normalized spacial score (nSPS) is 10.8. The molecular formula is C21H19N3O2S2. The van der Waals surface area contributed by atoms with Crippen molar-refractivity contribution in [1.29, 1.82) is 0 Å². The summed E-state index contributed by atoms with van der Waals surface area (Å²) in [5.41, 5.74) is 2.12. The van der Waals surface area contributed by atoms with Crippen molar-refractivity contribution < 1.29 is 9.47 Å². The highest BCUT2D eigenvalue weighted by atomic mass is 32.2. The van der Waals surface area contributed by atoms with Gasteiger partial charge >= 0.3 is 0 Å². The Morgan fingerprint density at radius 2 is 1.75 bits per heavy atom. The molecule has 28 heavy (non-hydrogen) atoms. The third-order valence-corrected chi connectivity index (χ3v) is 6.09. The van der Waals surface area contributed by atoms with Gasteiger partial charge < -0.3 is 9.47 Å². The molecule has 2 aromatic heterocycles. The third kappa shape index (κ3) is 3.76. The molecule has 2 heterocycles. The lowest BCUT2D eigenvalue weighted by atomic mass is 10.2. The number of thiophene rings is 1. The summed E-state index contributed by atoms with van der Waals surface area (Å²) in [5.74, 6) is 3.23. The Morgan fingerprint density at radius 1 is 0.929 bits per heavy atom. The van der Waals surface area contributed by atoms with E-state index in [-0.39, 0.29) is 0 Å². The average Bonchev–Trinajstić information content (AvgIpc) is 3.42. The van der Waals surface area contributed by atoms with E-state index in [0.717, 1.165) is 38.8 Å². The Kier molecular flexibility index (Phi) is 5.64. The first-order valence-corrected chi connectivity index (χ1v) is 10.5. The van der Waals surface area contributed by atoms with Gasteiger partial charge in [-0.2, -0.15) is 0 Å². The maximum Gasteiger partial charge on any atom is 0.196 e. The van der Waals surface area contributed by atoms with Crippen LogP contribution >= 0.6 is 23.1 Å². The molecule has 0 radical (unpaired) electrons. The third-order valence-electron chi connectivity index (χ3n) is 4.23. The number of methoxy groups -OCH3 is 2. The molecule has 0 aliphatic heterocycles. The van der Waals surface area contributed by atoms with Crippen LogP contribution in [0.4, 0.5) is 0 Å². The Balaban J connectivity index is 1.71. The van der Waals surface area contributed by atoms with E-state index in [0.29, 0.717) is 0 Å². The van der Waals surface area contributed by atoms with Crippen LogP contribution in [-0.2, 0) is 5.75 Å². The van der Waals surface area contributed by atoms with Gasteiger partial charge in [0.15, 0.2) is 11.0 Å². The van der Waals surface area contributed by atoms with Crippen LogP contribution in [0, 0.1) is 0 Å². The number of hydrogen-bond donors (Lipinski definition) is 0. The highest BCUT2D eigenvalue weighted by molar-refractivity contribution is 7.98. The van der Waals surface area contributed by atoms with Crippen LogP contribution in [-0.4, -0.2) is 29.0 Å². The van der Waals surface area contributed by atoms with Crippen molar-refractivity contribution in [2.24, 2.45) is 0 Å². The van der Waals surface area contributed by atoms with E-state index in [2.05, 4.69) is 33.0 Å². The van der Waals surface area contributed by atoms with Crippen LogP contribution in [0.2, 0.25) is 0 Å². The van der Waals surface area contributed by atoms with Crippen LogP contribution < -0.4 is 9.47 Å². The van der Waals surface area contributed by atoms with Crippen molar-refractivity contribution in [2.75, 3.05) is 14.2 Å². The van der Waals surface area contributed by atoms with E-state index in [1.807, 2.05) is 47.8 Å². The molecule has 0 atom stereocenters. The molecule has 0 saturated heterocycles. The smallest absolute Gasteiger partial charge is 0.196 e. The van der Waals surface area contributed by atoms with Gasteiger partial charge in [0, 0.05) is 5.75 Å². The number of ether oxygens (including phenoxy) is 2. The predicted octanol–water partition coefficient (Wildman–Crippen LogP) is 5.31. The van der Waals surface area contributed by atoms with Crippen molar-refractivity contribution in [2.45, 2.75) is 10.9 Å². The van der Waals surface area contributed by atoms with Crippen LogP contribution in [0.15, 0.2) is 71.2 Å². The number of rotatable bonds is 7. The molecule has 0 amide bonds. The van der Waals surface area contributed by atoms with E-state index in [9.17, 15) is 0 Å². The number of aromatic nitrogens is 3. The molecule has 0 saturated carbocycles. The summed E-state index contributed by atoms with van der Waals surface area (Å²) in [6.07, 6.45) is 0. The van der Waals surface area contributed by atoms with Gasteiger partial charge in [-0.05, 0) is 41.3 Å². The maximum atomic E-state index is 5.59. The second-order valence-corrected chi connectivity index (χ2v) is 7.82. The first-order valence-electron chi connectivity index (χ1n) is 8.68. The fraction of sp³-hybridized carbons (Fsp3) is 0.143. The molecule has 0 bridgehead atoms. The van der Waals surface area contributed by atoms with Gasteiger partial charge in [0.2, 0.25) is 0 Å². The molecule has 7 heteroatoms.